The van der Waals surface area contributed by atoms with E-state index in [1.54, 1.807) is 22.6 Å². The maximum absolute atomic E-state index is 13.8. The molecule has 0 saturated heterocycles. The number of hydrogen-bond donors (Lipinski definition) is 1. The van der Waals surface area contributed by atoms with E-state index in [9.17, 15) is 9.59 Å². The van der Waals surface area contributed by atoms with Crippen LogP contribution >= 0.6 is 0 Å². The summed E-state index contributed by atoms with van der Waals surface area (Å²) in [5.74, 6) is 0.586. The SMILES string of the molecule is CCOc1ccccc1NC(=O)N([C@H](C)c1nc2ccccc2n(C)c1=O)[C@@H](C)c1ccccc1. The number of ether oxygens (including phenoxy) is 1. The molecule has 0 bridgehead atoms. The molecule has 0 aliphatic heterocycles. The van der Waals surface area contributed by atoms with Gasteiger partial charge in [0.2, 0.25) is 0 Å². The molecule has 0 unspecified atom stereocenters. The van der Waals surface area contributed by atoms with Gasteiger partial charge in [-0.15, -0.1) is 0 Å². The summed E-state index contributed by atoms with van der Waals surface area (Å²) in [5.41, 5.74) is 3.03. The van der Waals surface area contributed by atoms with Crippen molar-refractivity contribution in [1.29, 1.82) is 0 Å². The molecule has 4 aromatic rings. The number of urea groups is 1. The van der Waals surface area contributed by atoms with Crippen LogP contribution in [0.25, 0.3) is 11.0 Å². The van der Waals surface area contributed by atoms with E-state index in [0.29, 0.717) is 29.3 Å². The number of benzene rings is 3. The molecule has 2 amide bonds. The minimum Gasteiger partial charge on any atom is -0.492 e. The average molecular weight is 471 g/mol. The van der Waals surface area contributed by atoms with Crippen LogP contribution in [-0.2, 0) is 7.05 Å². The topological polar surface area (TPSA) is 76.5 Å². The Bertz CT molecular complexity index is 1380. The highest BCUT2D eigenvalue weighted by Crippen LogP contribution is 2.31. The standard InChI is InChI=1S/C28H30N4O3/c1-5-35-25-18-12-10-16-23(25)30-28(34)32(19(2)21-13-7-6-8-14-21)20(3)26-27(33)31(4)24-17-11-9-15-22(24)29-26/h6-20H,5H2,1-4H3,(H,30,34)/t19-,20+/m0/s1. The summed E-state index contributed by atoms with van der Waals surface area (Å²) < 4.78 is 7.28. The fourth-order valence-electron chi connectivity index (χ4n) is 4.32. The van der Waals surface area contributed by atoms with E-state index in [4.69, 9.17) is 4.74 Å². The summed E-state index contributed by atoms with van der Waals surface area (Å²) in [5, 5.41) is 2.99. The van der Waals surface area contributed by atoms with Crippen LogP contribution in [0.15, 0.2) is 83.7 Å². The average Bonchev–Trinajstić information content (AvgIpc) is 2.88. The predicted molar refractivity (Wildman–Crippen MR) is 139 cm³/mol. The summed E-state index contributed by atoms with van der Waals surface area (Å²) in [6, 6.07) is 23.3. The summed E-state index contributed by atoms with van der Waals surface area (Å²) in [6.45, 7) is 6.16. The number of para-hydroxylation sites is 4. The quantitative estimate of drug-likeness (QED) is 0.377. The van der Waals surface area contributed by atoms with Gasteiger partial charge in [0.05, 0.1) is 35.4 Å². The van der Waals surface area contributed by atoms with Crippen LogP contribution in [0.1, 0.15) is 44.1 Å². The van der Waals surface area contributed by atoms with E-state index in [2.05, 4.69) is 10.3 Å². The molecule has 4 rings (SSSR count). The van der Waals surface area contributed by atoms with Gasteiger partial charge in [0.1, 0.15) is 11.4 Å². The highest BCUT2D eigenvalue weighted by Gasteiger charge is 2.31. The van der Waals surface area contributed by atoms with E-state index in [-0.39, 0.29) is 17.6 Å². The molecule has 3 aromatic carbocycles. The zero-order valence-corrected chi connectivity index (χ0v) is 20.4. The Hall–Kier alpha value is -4.13. The Morgan fingerprint density at radius 1 is 0.971 bits per heavy atom. The zero-order valence-electron chi connectivity index (χ0n) is 20.4. The van der Waals surface area contributed by atoms with E-state index in [1.807, 2.05) is 93.6 Å². The van der Waals surface area contributed by atoms with Crippen molar-refractivity contribution >= 4 is 22.8 Å². The molecule has 1 aromatic heterocycles. The molecule has 7 nitrogen and oxygen atoms in total. The van der Waals surface area contributed by atoms with Gasteiger partial charge in [0.15, 0.2) is 0 Å². The van der Waals surface area contributed by atoms with Crippen molar-refractivity contribution in [1.82, 2.24) is 14.5 Å². The number of amides is 2. The summed E-state index contributed by atoms with van der Waals surface area (Å²) >= 11 is 0. The van der Waals surface area contributed by atoms with Crippen molar-refractivity contribution in [2.24, 2.45) is 7.05 Å². The third-order valence-corrected chi connectivity index (χ3v) is 6.18. The van der Waals surface area contributed by atoms with Crippen molar-refractivity contribution in [3.8, 4) is 5.75 Å². The number of aryl methyl sites for hydroxylation is 1. The van der Waals surface area contributed by atoms with E-state index < -0.39 is 6.04 Å². The molecule has 0 spiro atoms. The lowest BCUT2D eigenvalue weighted by Gasteiger charge is -2.34. The smallest absolute Gasteiger partial charge is 0.323 e. The third-order valence-electron chi connectivity index (χ3n) is 6.18. The number of carbonyl (C=O) groups excluding carboxylic acids is 1. The van der Waals surface area contributed by atoms with Gasteiger partial charge in [-0.25, -0.2) is 9.78 Å². The first-order chi connectivity index (χ1) is 16.9. The highest BCUT2D eigenvalue weighted by atomic mass is 16.5. The largest absolute Gasteiger partial charge is 0.492 e. The molecular weight excluding hydrogens is 440 g/mol. The number of aromatic nitrogens is 2. The number of rotatable bonds is 7. The fourth-order valence-corrected chi connectivity index (χ4v) is 4.32. The molecule has 0 aliphatic rings. The Morgan fingerprint density at radius 3 is 2.37 bits per heavy atom. The van der Waals surface area contributed by atoms with Gasteiger partial charge in [0, 0.05) is 7.05 Å². The molecule has 0 radical (unpaired) electrons. The minimum atomic E-state index is -0.604. The second-order valence-corrected chi connectivity index (χ2v) is 8.38. The molecule has 35 heavy (non-hydrogen) atoms. The first kappa shape index (κ1) is 24.0. The molecule has 180 valence electrons. The first-order valence-corrected chi connectivity index (χ1v) is 11.7. The molecule has 0 saturated carbocycles. The lowest BCUT2D eigenvalue weighted by molar-refractivity contribution is 0.165. The second kappa shape index (κ2) is 10.4. The van der Waals surface area contributed by atoms with Crippen LogP contribution in [0.2, 0.25) is 0 Å². The Morgan fingerprint density at radius 2 is 1.63 bits per heavy atom. The van der Waals surface area contributed by atoms with Crippen LogP contribution in [-0.4, -0.2) is 27.1 Å². The number of nitrogens with one attached hydrogen (secondary N) is 1. The van der Waals surface area contributed by atoms with Crippen LogP contribution in [0.5, 0.6) is 5.75 Å². The van der Waals surface area contributed by atoms with Crippen molar-refractivity contribution in [2.75, 3.05) is 11.9 Å². The normalized spacial score (nSPS) is 12.7. The van der Waals surface area contributed by atoms with E-state index in [1.165, 1.54) is 0 Å². The lowest BCUT2D eigenvalue weighted by atomic mass is 10.0. The van der Waals surface area contributed by atoms with Crippen molar-refractivity contribution in [3.05, 3.63) is 100 Å². The molecular formula is C28H30N4O3. The maximum Gasteiger partial charge on any atom is 0.323 e. The van der Waals surface area contributed by atoms with Gasteiger partial charge < -0.3 is 19.5 Å². The number of hydrogen-bond acceptors (Lipinski definition) is 4. The van der Waals surface area contributed by atoms with Gasteiger partial charge >= 0.3 is 6.03 Å². The summed E-state index contributed by atoms with van der Waals surface area (Å²) in [6.07, 6.45) is 0. The minimum absolute atomic E-state index is 0.232. The van der Waals surface area contributed by atoms with Crippen LogP contribution in [0.3, 0.4) is 0 Å². The summed E-state index contributed by atoms with van der Waals surface area (Å²) in [4.78, 5) is 33.5. The second-order valence-electron chi connectivity index (χ2n) is 8.38. The monoisotopic (exact) mass is 470 g/mol. The first-order valence-electron chi connectivity index (χ1n) is 11.7. The van der Waals surface area contributed by atoms with Crippen molar-refractivity contribution < 1.29 is 9.53 Å². The summed E-state index contributed by atoms with van der Waals surface area (Å²) in [7, 11) is 1.73. The molecule has 0 aliphatic carbocycles. The van der Waals surface area contributed by atoms with Crippen LogP contribution in [0, 0.1) is 0 Å². The van der Waals surface area contributed by atoms with Crippen molar-refractivity contribution in [3.63, 3.8) is 0 Å². The fraction of sp³-hybridized carbons (Fsp3) is 0.250. The molecule has 2 atom stereocenters. The zero-order chi connectivity index (χ0) is 24.9. The molecule has 1 heterocycles. The Labute approximate surface area is 205 Å². The highest BCUT2D eigenvalue weighted by molar-refractivity contribution is 5.91. The molecule has 1 N–H and O–H groups in total. The third kappa shape index (κ3) is 4.89. The lowest BCUT2D eigenvalue weighted by Crippen LogP contribution is -2.42. The van der Waals surface area contributed by atoms with E-state index >= 15 is 0 Å². The number of anilines is 1. The Kier molecular flexibility index (Phi) is 7.15. The van der Waals surface area contributed by atoms with Gasteiger partial charge in [-0.3, -0.25) is 4.79 Å². The molecule has 7 heteroatoms. The van der Waals surface area contributed by atoms with Crippen molar-refractivity contribution in [2.45, 2.75) is 32.9 Å². The number of nitrogens with zero attached hydrogens (tertiary/aromatic N) is 3. The Balaban J connectivity index is 1.78. The van der Waals surface area contributed by atoms with Gasteiger partial charge in [-0.2, -0.15) is 0 Å². The van der Waals surface area contributed by atoms with Crippen LogP contribution < -0.4 is 15.6 Å². The van der Waals surface area contributed by atoms with Gasteiger partial charge in [-0.05, 0) is 50.6 Å². The predicted octanol–water partition coefficient (Wildman–Crippen LogP) is 5.69. The number of carbonyl (C=O) groups is 1. The molecule has 0 fully saturated rings. The van der Waals surface area contributed by atoms with E-state index in [0.717, 1.165) is 11.1 Å². The van der Waals surface area contributed by atoms with Gasteiger partial charge in [-0.1, -0.05) is 54.6 Å². The number of fused-ring (bicyclic) bond motifs is 1. The maximum atomic E-state index is 13.8. The van der Waals surface area contributed by atoms with Gasteiger partial charge in [0.25, 0.3) is 5.56 Å². The van der Waals surface area contributed by atoms with Crippen LogP contribution in [0.4, 0.5) is 10.5 Å².